The number of likely N-dealkylation sites (N-methyl/N-ethyl adjacent to an activating group) is 1. The number of hydrogen-bond donors (Lipinski definition) is 0. The van der Waals surface area contributed by atoms with Gasteiger partial charge in [-0.05, 0) is 56.8 Å². The molecule has 0 N–H and O–H groups in total. The van der Waals surface area contributed by atoms with Crippen molar-refractivity contribution in [2.75, 3.05) is 27.2 Å². The van der Waals surface area contributed by atoms with Gasteiger partial charge >= 0.3 is 0 Å². The second-order valence-electron chi connectivity index (χ2n) is 8.04. The lowest BCUT2D eigenvalue weighted by Gasteiger charge is -2.25. The summed E-state index contributed by atoms with van der Waals surface area (Å²) in [4.78, 5) is 22.3. The summed E-state index contributed by atoms with van der Waals surface area (Å²) in [6, 6.07) is 16.2. The summed E-state index contributed by atoms with van der Waals surface area (Å²) in [6.07, 6.45) is 2.28. The lowest BCUT2D eigenvalue weighted by atomic mass is 10.0. The molecule has 0 unspecified atom stereocenters. The van der Waals surface area contributed by atoms with Gasteiger partial charge in [0.25, 0.3) is 5.91 Å². The molecule has 1 aromatic heterocycles. The first-order valence-electron chi connectivity index (χ1n) is 10.1. The van der Waals surface area contributed by atoms with Gasteiger partial charge in [0.2, 0.25) is 0 Å². The van der Waals surface area contributed by atoms with E-state index in [2.05, 4.69) is 4.90 Å². The van der Waals surface area contributed by atoms with Crippen LogP contribution in [-0.4, -0.2) is 47.9 Å². The third kappa shape index (κ3) is 4.62. The Labute approximate surface area is 171 Å². The second-order valence-corrected chi connectivity index (χ2v) is 8.04. The summed E-state index contributed by atoms with van der Waals surface area (Å²) in [5.74, 6) is 0.198. The van der Waals surface area contributed by atoms with E-state index in [1.165, 1.54) is 12.1 Å². The molecule has 0 spiro atoms. The largest absolute Gasteiger partial charge is 0.333 e. The molecule has 0 bridgehead atoms. The number of aromatic nitrogens is 1. The number of fused-ring (bicyclic) bond motifs is 1. The number of pyridine rings is 1. The third-order valence-electron chi connectivity index (χ3n) is 5.35. The minimum absolute atomic E-state index is 0.00308. The highest BCUT2D eigenvalue weighted by molar-refractivity contribution is 6.06. The molecule has 0 radical (unpaired) electrons. The summed E-state index contributed by atoms with van der Waals surface area (Å²) in [7, 11) is 3.99. The highest BCUT2D eigenvalue weighted by Crippen LogP contribution is 2.40. The van der Waals surface area contributed by atoms with Crippen LogP contribution in [0.4, 0.5) is 4.39 Å². The van der Waals surface area contributed by atoms with Crippen LogP contribution < -0.4 is 0 Å². The summed E-state index contributed by atoms with van der Waals surface area (Å²) < 4.78 is 13.3. The van der Waals surface area contributed by atoms with Crippen molar-refractivity contribution < 1.29 is 9.18 Å². The lowest BCUT2D eigenvalue weighted by molar-refractivity contribution is 0.0734. The van der Waals surface area contributed by atoms with Crippen molar-refractivity contribution in [3.8, 4) is 0 Å². The number of amides is 1. The average Bonchev–Trinajstić information content (AvgIpc) is 3.56. The van der Waals surface area contributed by atoms with Crippen molar-refractivity contribution in [1.82, 2.24) is 14.8 Å². The Balaban J connectivity index is 1.70. The molecule has 29 heavy (non-hydrogen) atoms. The smallest absolute Gasteiger partial charge is 0.254 e. The molecular formula is C24H26FN3O. The standard InChI is InChI=1S/C24H26FN3O/c1-27(2)13-14-28(16-17-7-11-19(25)12-8-17)24(29)21-15-23(18-9-10-18)26-22-6-4-3-5-20(21)22/h3-8,11-12,15,18H,9-10,13-14,16H2,1-2H3. The Morgan fingerprint density at radius 2 is 1.79 bits per heavy atom. The van der Waals surface area contributed by atoms with E-state index in [0.717, 1.165) is 41.5 Å². The highest BCUT2D eigenvalue weighted by Gasteiger charge is 2.28. The van der Waals surface area contributed by atoms with Crippen LogP contribution in [0.3, 0.4) is 0 Å². The quantitative estimate of drug-likeness (QED) is 0.597. The van der Waals surface area contributed by atoms with Gasteiger partial charge in [-0.25, -0.2) is 4.39 Å². The van der Waals surface area contributed by atoms with Gasteiger partial charge in [0.15, 0.2) is 0 Å². The fourth-order valence-electron chi connectivity index (χ4n) is 3.51. The van der Waals surface area contributed by atoms with Crippen LogP contribution in [0.5, 0.6) is 0 Å². The zero-order valence-electron chi connectivity index (χ0n) is 16.9. The monoisotopic (exact) mass is 391 g/mol. The number of benzene rings is 2. The van der Waals surface area contributed by atoms with E-state index in [1.807, 2.05) is 49.3 Å². The number of rotatable bonds is 7. The molecule has 0 atom stereocenters. The van der Waals surface area contributed by atoms with Crippen molar-refractivity contribution in [1.29, 1.82) is 0 Å². The van der Waals surface area contributed by atoms with Crippen LogP contribution in [0.15, 0.2) is 54.6 Å². The van der Waals surface area contributed by atoms with Crippen LogP contribution >= 0.6 is 0 Å². The minimum Gasteiger partial charge on any atom is -0.333 e. The highest BCUT2D eigenvalue weighted by atomic mass is 19.1. The first-order valence-corrected chi connectivity index (χ1v) is 10.1. The molecule has 3 aromatic rings. The number of para-hydroxylation sites is 1. The molecule has 1 fully saturated rings. The van der Waals surface area contributed by atoms with Gasteiger partial charge in [-0.1, -0.05) is 30.3 Å². The first kappa shape index (κ1) is 19.5. The molecular weight excluding hydrogens is 365 g/mol. The molecule has 0 aliphatic heterocycles. The average molecular weight is 391 g/mol. The van der Waals surface area contributed by atoms with Crippen LogP contribution in [0.2, 0.25) is 0 Å². The van der Waals surface area contributed by atoms with Crippen molar-refractivity contribution in [2.45, 2.75) is 25.3 Å². The number of carbonyl (C=O) groups excluding carboxylic acids is 1. The normalized spacial score (nSPS) is 13.8. The predicted octanol–water partition coefficient (Wildman–Crippen LogP) is 4.46. The number of halogens is 1. The van der Waals surface area contributed by atoms with Crippen molar-refractivity contribution in [3.05, 3.63) is 77.2 Å². The lowest BCUT2D eigenvalue weighted by Crippen LogP contribution is -2.36. The first-order chi connectivity index (χ1) is 14.0. The SMILES string of the molecule is CN(C)CCN(Cc1ccc(F)cc1)C(=O)c1cc(C2CC2)nc2ccccc12. The molecule has 150 valence electrons. The van der Waals surface area contributed by atoms with Gasteiger partial charge in [0, 0.05) is 36.6 Å². The summed E-state index contributed by atoms with van der Waals surface area (Å²) in [5, 5.41) is 0.885. The molecule has 1 aliphatic rings. The molecule has 1 heterocycles. The maximum atomic E-state index is 13.6. The maximum absolute atomic E-state index is 13.6. The van der Waals surface area contributed by atoms with Gasteiger partial charge in [0.05, 0.1) is 11.1 Å². The Kier molecular flexibility index (Phi) is 5.58. The van der Waals surface area contributed by atoms with Gasteiger partial charge in [-0.2, -0.15) is 0 Å². The third-order valence-corrected chi connectivity index (χ3v) is 5.35. The molecule has 2 aromatic carbocycles. The Morgan fingerprint density at radius 3 is 2.48 bits per heavy atom. The van der Waals surface area contributed by atoms with E-state index in [1.54, 1.807) is 12.1 Å². The fraction of sp³-hybridized carbons (Fsp3) is 0.333. The number of hydrogen-bond acceptors (Lipinski definition) is 3. The molecule has 0 saturated heterocycles. The second kappa shape index (κ2) is 8.29. The Bertz CT molecular complexity index is 1010. The van der Waals surface area contributed by atoms with Crippen molar-refractivity contribution in [3.63, 3.8) is 0 Å². The topological polar surface area (TPSA) is 36.4 Å². The Hall–Kier alpha value is -2.79. The van der Waals surface area contributed by atoms with Crippen molar-refractivity contribution in [2.24, 2.45) is 0 Å². The van der Waals surface area contributed by atoms with Crippen LogP contribution in [0.25, 0.3) is 10.9 Å². The molecule has 5 heteroatoms. The van der Waals surface area contributed by atoms with Crippen LogP contribution in [-0.2, 0) is 6.54 Å². The molecule has 1 amide bonds. The minimum atomic E-state index is -0.269. The van der Waals surface area contributed by atoms with E-state index in [4.69, 9.17) is 4.98 Å². The predicted molar refractivity (Wildman–Crippen MR) is 113 cm³/mol. The van der Waals surface area contributed by atoms with Crippen LogP contribution in [0, 0.1) is 5.82 Å². The van der Waals surface area contributed by atoms with E-state index < -0.39 is 0 Å². The van der Waals surface area contributed by atoms with Gasteiger partial charge < -0.3 is 9.80 Å². The summed E-state index contributed by atoms with van der Waals surface area (Å²) in [6.45, 7) is 1.80. The molecule has 1 aliphatic carbocycles. The Morgan fingerprint density at radius 1 is 1.07 bits per heavy atom. The van der Waals surface area contributed by atoms with Crippen LogP contribution in [0.1, 0.15) is 40.4 Å². The van der Waals surface area contributed by atoms with E-state index in [0.29, 0.717) is 24.6 Å². The number of nitrogens with zero attached hydrogens (tertiary/aromatic N) is 3. The number of carbonyl (C=O) groups is 1. The zero-order chi connectivity index (χ0) is 20.4. The molecule has 4 nitrogen and oxygen atoms in total. The zero-order valence-corrected chi connectivity index (χ0v) is 16.9. The van der Waals surface area contributed by atoms with Crippen molar-refractivity contribution >= 4 is 16.8 Å². The summed E-state index contributed by atoms with van der Waals surface area (Å²) in [5.41, 5.74) is 3.51. The van der Waals surface area contributed by atoms with E-state index in [9.17, 15) is 9.18 Å². The van der Waals surface area contributed by atoms with E-state index >= 15 is 0 Å². The van der Waals surface area contributed by atoms with Gasteiger partial charge in [0.1, 0.15) is 5.82 Å². The molecule has 4 rings (SSSR count). The maximum Gasteiger partial charge on any atom is 0.254 e. The summed E-state index contributed by atoms with van der Waals surface area (Å²) >= 11 is 0. The van der Waals surface area contributed by atoms with Gasteiger partial charge in [-0.3, -0.25) is 9.78 Å². The molecule has 1 saturated carbocycles. The fourth-order valence-corrected chi connectivity index (χ4v) is 3.51. The van der Waals surface area contributed by atoms with E-state index in [-0.39, 0.29) is 11.7 Å². The van der Waals surface area contributed by atoms with Gasteiger partial charge in [-0.15, -0.1) is 0 Å².